The maximum atomic E-state index is 10.9. The lowest BCUT2D eigenvalue weighted by Crippen LogP contribution is -2.32. The molecule has 0 radical (unpaired) electrons. The van der Waals surface area contributed by atoms with E-state index < -0.39 is 6.29 Å². The molecule has 5 heteroatoms. The van der Waals surface area contributed by atoms with Gasteiger partial charge in [0.1, 0.15) is 6.61 Å². The number of rotatable bonds is 3. The molecule has 1 fully saturated rings. The first-order valence-corrected chi connectivity index (χ1v) is 4.31. The fraction of sp³-hybridized carbons (Fsp3) is 0.857. The number of halogens is 1. The Labute approximate surface area is 75.7 Å². The van der Waals surface area contributed by atoms with Gasteiger partial charge in [-0.15, -0.1) is 11.6 Å². The molecular weight excluding hydrogens is 184 g/mol. The van der Waals surface area contributed by atoms with Crippen molar-refractivity contribution in [1.82, 2.24) is 0 Å². The number of ether oxygens (including phenoxy) is 3. The Balaban J connectivity index is 2.15. The van der Waals surface area contributed by atoms with Crippen LogP contribution in [0.1, 0.15) is 6.42 Å². The Hall–Kier alpha value is -0.320. The normalized spacial score (nSPS) is 23.6. The highest BCUT2D eigenvalue weighted by molar-refractivity contribution is 6.18. The van der Waals surface area contributed by atoms with Crippen LogP contribution in [0, 0.1) is 0 Å². The summed E-state index contributed by atoms with van der Waals surface area (Å²) in [5.41, 5.74) is 0. The molecule has 4 nitrogen and oxygen atoms in total. The maximum absolute atomic E-state index is 10.9. The Kier molecular flexibility index (Phi) is 4.35. The molecule has 0 aromatic carbocycles. The SMILES string of the molecule is O=C(CCCl)OC1COCCO1. The summed E-state index contributed by atoms with van der Waals surface area (Å²) in [6.07, 6.45) is -0.337. The largest absolute Gasteiger partial charge is 0.433 e. The lowest BCUT2D eigenvalue weighted by atomic mass is 10.5. The zero-order valence-corrected chi connectivity index (χ0v) is 7.38. The topological polar surface area (TPSA) is 44.8 Å². The van der Waals surface area contributed by atoms with Crippen LogP contribution in [0.2, 0.25) is 0 Å². The van der Waals surface area contributed by atoms with Gasteiger partial charge in [-0.2, -0.15) is 0 Å². The van der Waals surface area contributed by atoms with Crippen molar-refractivity contribution in [3.8, 4) is 0 Å². The minimum atomic E-state index is -0.547. The average molecular weight is 195 g/mol. The summed E-state index contributed by atoms with van der Waals surface area (Å²) in [6.45, 7) is 1.34. The molecule has 1 heterocycles. The molecule has 1 aliphatic rings. The van der Waals surface area contributed by atoms with Gasteiger partial charge >= 0.3 is 5.97 Å². The van der Waals surface area contributed by atoms with Gasteiger partial charge < -0.3 is 14.2 Å². The highest BCUT2D eigenvalue weighted by Gasteiger charge is 2.17. The fourth-order valence-electron chi connectivity index (χ4n) is 0.817. The second-order valence-corrected chi connectivity index (χ2v) is 2.68. The summed E-state index contributed by atoms with van der Waals surface area (Å²) < 4.78 is 15.0. The third-order valence-electron chi connectivity index (χ3n) is 1.35. The molecule has 0 spiro atoms. The van der Waals surface area contributed by atoms with Crippen LogP contribution in [-0.4, -0.2) is 38.0 Å². The molecule has 12 heavy (non-hydrogen) atoms. The van der Waals surface area contributed by atoms with Crippen molar-refractivity contribution >= 4 is 17.6 Å². The molecule has 1 unspecified atom stereocenters. The molecule has 1 atom stereocenters. The minimum absolute atomic E-state index is 0.210. The molecule has 0 saturated carbocycles. The standard InChI is InChI=1S/C7H11ClO4/c8-2-1-6(9)12-7-5-10-3-4-11-7/h7H,1-5H2. The number of carbonyl (C=O) groups is 1. The molecule has 0 N–H and O–H groups in total. The van der Waals surface area contributed by atoms with Crippen molar-refractivity contribution in [2.75, 3.05) is 25.7 Å². The van der Waals surface area contributed by atoms with Crippen LogP contribution in [0.5, 0.6) is 0 Å². The highest BCUT2D eigenvalue weighted by Crippen LogP contribution is 2.03. The van der Waals surface area contributed by atoms with Crippen molar-refractivity contribution in [3.63, 3.8) is 0 Å². The van der Waals surface area contributed by atoms with E-state index in [9.17, 15) is 4.79 Å². The van der Waals surface area contributed by atoms with E-state index in [0.717, 1.165) is 0 Å². The van der Waals surface area contributed by atoms with Gasteiger partial charge in [-0.05, 0) is 0 Å². The molecular formula is C7H11ClO4. The third-order valence-corrected chi connectivity index (χ3v) is 1.54. The minimum Gasteiger partial charge on any atom is -0.433 e. The lowest BCUT2D eigenvalue weighted by molar-refractivity contribution is -0.213. The van der Waals surface area contributed by atoms with Crippen molar-refractivity contribution in [2.24, 2.45) is 0 Å². The lowest BCUT2D eigenvalue weighted by Gasteiger charge is -2.22. The Morgan fingerprint density at radius 2 is 2.42 bits per heavy atom. The van der Waals surface area contributed by atoms with Crippen molar-refractivity contribution in [1.29, 1.82) is 0 Å². The molecule has 0 aromatic rings. The molecule has 0 aliphatic carbocycles. The van der Waals surface area contributed by atoms with E-state index in [1.165, 1.54) is 0 Å². The van der Waals surface area contributed by atoms with E-state index in [-0.39, 0.29) is 18.3 Å². The smallest absolute Gasteiger partial charge is 0.309 e. The summed E-state index contributed by atoms with van der Waals surface area (Å²) in [5.74, 6) is -0.0765. The van der Waals surface area contributed by atoms with Crippen LogP contribution >= 0.6 is 11.6 Å². The van der Waals surface area contributed by atoms with Crippen molar-refractivity contribution in [2.45, 2.75) is 12.7 Å². The molecule has 1 aliphatic heterocycles. The quantitative estimate of drug-likeness (QED) is 0.486. The molecule has 0 aromatic heterocycles. The summed E-state index contributed by atoms with van der Waals surface area (Å²) in [6, 6.07) is 0. The zero-order chi connectivity index (χ0) is 8.81. The van der Waals surface area contributed by atoms with Gasteiger partial charge in [0.2, 0.25) is 6.29 Å². The van der Waals surface area contributed by atoms with E-state index in [1.807, 2.05) is 0 Å². The number of hydrogen-bond donors (Lipinski definition) is 0. The van der Waals surface area contributed by atoms with Crippen molar-refractivity contribution < 1.29 is 19.0 Å². The van der Waals surface area contributed by atoms with Crippen molar-refractivity contribution in [3.05, 3.63) is 0 Å². The van der Waals surface area contributed by atoms with Crippen LogP contribution in [0.3, 0.4) is 0 Å². The molecule has 0 bridgehead atoms. The van der Waals surface area contributed by atoms with Crippen LogP contribution < -0.4 is 0 Å². The zero-order valence-electron chi connectivity index (χ0n) is 6.62. The van der Waals surface area contributed by atoms with Gasteiger partial charge in [-0.1, -0.05) is 0 Å². The monoisotopic (exact) mass is 194 g/mol. The van der Waals surface area contributed by atoms with E-state index in [1.54, 1.807) is 0 Å². The number of hydrogen-bond acceptors (Lipinski definition) is 4. The van der Waals surface area contributed by atoms with Crippen LogP contribution in [0.25, 0.3) is 0 Å². The predicted octanol–water partition coefficient (Wildman–Crippen LogP) is 0.531. The summed E-state index contributed by atoms with van der Waals surface area (Å²) in [4.78, 5) is 10.9. The Morgan fingerprint density at radius 3 is 3.00 bits per heavy atom. The first-order chi connectivity index (χ1) is 5.83. The predicted molar refractivity (Wildman–Crippen MR) is 42.0 cm³/mol. The van der Waals surface area contributed by atoms with E-state index in [2.05, 4.69) is 0 Å². The number of alkyl halides is 1. The van der Waals surface area contributed by atoms with Gasteiger partial charge in [0, 0.05) is 5.88 Å². The Morgan fingerprint density at radius 1 is 1.58 bits per heavy atom. The average Bonchev–Trinajstić information content (AvgIpc) is 2.06. The fourth-order valence-corrected chi connectivity index (χ4v) is 0.971. The number of carbonyl (C=O) groups excluding carboxylic acids is 1. The van der Waals surface area contributed by atoms with Gasteiger partial charge in [0.25, 0.3) is 0 Å². The van der Waals surface area contributed by atoms with Gasteiger partial charge in [0.15, 0.2) is 0 Å². The summed E-state index contributed by atoms with van der Waals surface area (Å²) >= 11 is 5.34. The van der Waals surface area contributed by atoms with E-state index >= 15 is 0 Å². The summed E-state index contributed by atoms with van der Waals surface area (Å²) in [7, 11) is 0. The van der Waals surface area contributed by atoms with Crippen LogP contribution in [0.15, 0.2) is 0 Å². The third kappa shape index (κ3) is 3.38. The second kappa shape index (κ2) is 5.35. The van der Waals surface area contributed by atoms with Gasteiger partial charge in [-0.25, -0.2) is 0 Å². The van der Waals surface area contributed by atoms with E-state index in [4.69, 9.17) is 25.8 Å². The second-order valence-electron chi connectivity index (χ2n) is 2.30. The van der Waals surface area contributed by atoms with Crippen LogP contribution in [-0.2, 0) is 19.0 Å². The molecule has 1 rings (SSSR count). The van der Waals surface area contributed by atoms with Gasteiger partial charge in [-0.3, -0.25) is 4.79 Å². The molecule has 0 amide bonds. The Bertz CT molecular complexity index is 144. The van der Waals surface area contributed by atoms with Gasteiger partial charge in [0.05, 0.1) is 19.6 Å². The van der Waals surface area contributed by atoms with Crippen LogP contribution in [0.4, 0.5) is 0 Å². The maximum Gasteiger partial charge on any atom is 0.309 e. The van der Waals surface area contributed by atoms with E-state index in [0.29, 0.717) is 19.8 Å². The highest BCUT2D eigenvalue weighted by atomic mass is 35.5. The number of esters is 1. The first kappa shape index (κ1) is 9.77. The molecule has 1 saturated heterocycles. The molecule has 70 valence electrons. The first-order valence-electron chi connectivity index (χ1n) is 3.77. The summed E-state index contributed by atoms with van der Waals surface area (Å²) in [5, 5.41) is 0.